The highest BCUT2D eigenvalue weighted by molar-refractivity contribution is 5.96. The van der Waals surface area contributed by atoms with Gasteiger partial charge in [-0.1, -0.05) is 18.2 Å². The topological polar surface area (TPSA) is 48.9 Å². The standard InChI is InChI=1S/C28H32N4O2/c1-3-31(4-2)28(33)21-12-13-25-27(19-21)34-26-11-6-5-10-24(26)32(25)23-14-17-30(18-15-23)20-22-9-7-8-16-29-22/h5-13,16,19,23H,3-4,14-15,17-18,20H2,1-2H3. The quantitative estimate of drug-likeness (QED) is 0.492. The number of aromatic nitrogens is 1. The molecule has 176 valence electrons. The number of amides is 1. The lowest BCUT2D eigenvalue weighted by Crippen LogP contribution is -2.43. The number of nitrogens with zero attached hydrogens (tertiary/aromatic N) is 4. The highest BCUT2D eigenvalue weighted by Gasteiger charge is 2.33. The molecule has 2 aliphatic rings. The van der Waals surface area contributed by atoms with E-state index in [0.717, 1.165) is 61.0 Å². The third kappa shape index (κ3) is 4.38. The van der Waals surface area contributed by atoms with Gasteiger partial charge in [-0.2, -0.15) is 0 Å². The fourth-order valence-electron chi connectivity index (χ4n) is 5.06. The second kappa shape index (κ2) is 9.85. The molecule has 0 radical (unpaired) electrons. The first-order chi connectivity index (χ1) is 16.7. The Bertz CT molecular complexity index is 1140. The number of ether oxygens (including phenoxy) is 1. The Balaban J connectivity index is 1.39. The third-order valence-electron chi connectivity index (χ3n) is 6.90. The number of carbonyl (C=O) groups excluding carboxylic acids is 1. The zero-order valence-electron chi connectivity index (χ0n) is 20.0. The molecule has 2 aliphatic heterocycles. The maximum atomic E-state index is 13.0. The van der Waals surface area contributed by atoms with E-state index in [1.807, 2.05) is 55.3 Å². The Hall–Kier alpha value is -3.38. The second-order valence-corrected chi connectivity index (χ2v) is 8.93. The van der Waals surface area contributed by atoms with Gasteiger partial charge in [0.05, 0.1) is 17.1 Å². The number of hydrogen-bond acceptors (Lipinski definition) is 5. The minimum Gasteiger partial charge on any atom is -0.453 e. The number of benzene rings is 2. The Morgan fingerprint density at radius 1 is 0.971 bits per heavy atom. The van der Waals surface area contributed by atoms with Crippen molar-refractivity contribution in [3.05, 3.63) is 78.1 Å². The van der Waals surface area contributed by atoms with Crippen molar-refractivity contribution in [2.24, 2.45) is 0 Å². The van der Waals surface area contributed by atoms with Gasteiger partial charge in [0.1, 0.15) is 0 Å². The summed E-state index contributed by atoms with van der Waals surface area (Å²) in [7, 11) is 0. The molecule has 1 amide bonds. The van der Waals surface area contributed by atoms with Crippen LogP contribution in [0.25, 0.3) is 0 Å². The van der Waals surface area contributed by atoms with E-state index in [1.165, 1.54) is 0 Å². The van der Waals surface area contributed by atoms with E-state index in [-0.39, 0.29) is 5.91 Å². The fraction of sp³-hybridized carbons (Fsp3) is 0.357. The van der Waals surface area contributed by atoms with Gasteiger partial charge in [-0.05, 0) is 69.2 Å². The monoisotopic (exact) mass is 456 g/mol. The summed E-state index contributed by atoms with van der Waals surface area (Å²) in [4.78, 5) is 24.2. The number of fused-ring (bicyclic) bond motifs is 2. The molecule has 6 heteroatoms. The lowest BCUT2D eigenvalue weighted by atomic mass is 9.99. The first-order valence-electron chi connectivity index (χ1n) is 12.3. The van der Waals surface area contributed by atoms with Crippen molar-refractivity contribution in [3.63, 3.8) is 0 Å². The van der Waals surface area contributed by atoms with Crippen LogP contribution in [0.5, 0.6) is 11.5 Å². The van der Waals surface area contributed by atoms with Crippen molar-refractivity contribution < 1.29 is 9.53 Å². The van der Waals surface area contributed by atoms with Crippen LogP contribution in [0.3, 0.4) is 0 Å². The van der Waals surface area contributed by atoms with E-state index in [4.69, 9.17) is 4.74 Å². The van der Waals surface area contributed by atoms with Crippen molar-refractivity contribution in [1.82, 2.24) is 14.8 Å². The summed E-state index contributed by atoms with van der Waals surface area (Å²) in [5, 5.41) is 0. The van der Waals surface area contributed by atoms with Crippen LogP contribution in [0.2, 0.25) is 0 Å². The number of rotatable bonds is 6. The van der Waals surface area contributed by atoms with Gasteiger partial charge in [-0.15, -0.1) is 0 Å². The van der Waals surface area contributed by atoms with E-state index in [2.05, 4.69) is 45.1 Å². The maximum absolute atomic E-state index is 13.0. The Morgan fingerprint density at radius 2 is 1.71 bits per heavy atom. The number of pyridine rings is 1. The molecule has 0 saturated carbocycles. The Morgan fingerprint density at radius 3 is 2.44 bits per heavy atom. The number of anilines is 2. The van der Waals surface area contributed by atoms with Gasteiger partial charge < -0.3 is 14.5 Å². The molecule has 0 spiro atoms. The van der Waals surface area contributed by atoms with Gasteiger partial charge >= 0.3 is 0 Å². The van der Waals surface area contributed by atoms with E-state index in [9.17, 15) is 4.79 Å². The van der Waals surface area contributed by atoms with Gasteiger partial charge in [-0.3, -0.25) is 14.7 Å². The summed E-state index contributed by atoms with van der Waals surface area (Å²) in [6.45, 7) is 8.34. The third-order valence-corrected chi connectivity index (χ3v) is 6.90. The van der Waals surface area contributed by atoms with Gasteiger partial charge in [0.15, 0.2) is 11.5 Å². The molecule has 0 N–H and O–H groups in total. The SMILES string of the molecule is CCN(CC)C(=O)c1ccc2c(c1)Oc1ccccc1N2C1CCN(Cc2ccccn2)CC1. The van der Waals surface area contributed by atoms with Crippen LogP contribution < -0.4 is 9.64 Å². The molecule has 5 rings (SSSR count). The number of hydrogen-bond donors (Lipinski definition) is 0. The van der Waals surface area contributed by atoms with Crippen LogP contribution in [0.15, 0.2) is 66.9 Å². The van der Waals surface area contributed by atoms with Crippen molar-refractivity contribution in [2.75, 3.05) is 31.1 Å². The van der Waals surface area contributed by atoms with Crippen molar-refractivity contribution >= 4 is 17.3 Å². The van der Waals surface area contributed by atoms with Crippen LogP contribution >= 0.6 is 0 Å². The number of para-hydroxylation sites is 2. The number of piperidine rings is 1. The molecule has 0 aliphatic carbocycles. The molecular formula is C28H32N4O2. The van der Waals surface area contributed by atoms with Crippen molar-refractivity contribution in [3.8, 4) is 11.5 Å². The maximum Gasteiger partial charge on any atom is 0.253 e. The summed E-state index contributed by atoms with van der Waals surface area (Å²) in [5.41, 5.74) is 3.93. The molecule has 1 saturated heterocycles. The molecule has 3 heterocycles. The van der Waals surface area contributed by atoms with Crippen molar-refractivity contribution in [1.29, 1.82) is 0 Å². The average Bonchev–Trinajstić information content (AvgIpc) is 2.89. The van der Waals surface area contributed by atoms with Crippen LogP contribution in [0.4, 0.5) is 11.4 Å². The van der Waals surface area contributed by atoms with Crippen LogP contribution in [-0.2, 0) is 6.54 Å². The van der Waals surface area contributed by atoms with Gasteiger partial charge in [0.25, 0.3) is 5.91 Å². The highest BCUT2D eigenvalue weighted by Crippen LogP contribution is 2.49. The molecule has 1 aromatic heterocycles. The predicted octanol–water partition coefficient (Wildman–Crippen LogP) is 5.47. The first-order valence-corrected chi connectivity index (χ1v) is 12.3. The van der Waals surface area contributed by atoms with E-state index in [1.54, 1.807) is 0 Å². The average molecular weight is 457 g/mol. The fourth-order valence-corrected chi connectivity index (χ4v) is 5.06. The number of carbonyl (C=O) groups is 1. The predicted molar refractivity (Wildman–Crippen MR) is 135 cm³/mol. The molecule has 34 heavy (non-hydrogen) atoms. The zero-order chi connectivity index (χ0) is 23.5. The molecule has 6 nitrogen and oxygen atoms in total. The van der Waals surface area contributed by atoms with Crippen LogP contribution in [0.1, 0.15) is 42.7 Å². The normalized spacial score (nSPS) is 15.9. The first kappa shape index (κ1) is 22.4. The molecule has 1 fully saturated rings. The summed E-state index contributed by atoms with van der Waals surface area (Å²) in [6.07, 6.45) is 3.98. The van der Waals surface area contributed by atoms with E-state index >= 15 is 0 Å². The van der Waals surface area contributed by atoms with Gasteiger partial charge in [0.2, 0.25) is 0 Å². The summed E-state index contributed by atoms with van der Waals surface area (Å²) < 4.78 is 6.31. The lowest BCUT2D eigenvalue weighted by molar-refractivity contribution is 0.0772. The molecular weight excluding hydrogens is 424 g/mol. The largest absolute Gasteiger partial charge is 0.453 e. The molecule has 3 aromatic rings. The molecule has 0 atom stereocenters. The zero-order valence-corrected chi connectivity index (χ0v) is 20.0. The summed E-state index contributed by atoms with van der Waals surface area (Å²) in [5.74, 6) is 1.65. The van der Waals surface area contributed by atoms with Crippen LogP contribution in [0, 0.1) is 0 Å². The minimum absolute atomic E-state index is 0.0460. The smallest absolute Gasteiger partial charge is 0.253 e. The summed E-state index contributed by atoms with van der Waals surface area (Å²) in [6, 6.07) is 20.6. The van der Waals surface area contributed by atoms with Crippen LogP contribution in [-0.4, -0.2) is 52.9 Å². The lowest BCUT2D eigenvalue weighted by Gasteiger charge is -2.42. The minimum atomic E-state index is 0.0460. The Kier molecular flexibility index (Phi) is 6.50. The molecule has 0 bridgehead atoms. The van der Waals surface area contributed by atoms with E-state index < -0.39 is 0 Å². The number of likely N-dealkylation sites (tertiary alicyclic amines) is 1. The molecule has 2 aromatic carbocycles. The summed E-state index contributed by atoms with van der Waals surface area (Å²) >= 11 is 0. The Labute approximate surface area is 201 Å². The van der Waals surface area contributed by atoms with Crippen molar-refractivity contribution in [2.45, 2.75) is 39.3 Å². The van der Waals surface area contributed by atoms with Gasteiger partial charge in [0, 0.05) is 50.5 Å². The van der Waals surface area contributed by atoms with E-state index in [0.29, 0.717) is 24.7 Å². The second-order valence-electron chi connectivity index (χ2n) is 8.93. The molecule has 0 unspecified atom stereocenters. The van der Waals surface area contributed by atoms with Gasteiger partial charge in [-0.25, -0.2) is 0 Å². The highest BCUT2D eigenvalue weighted by atomic mass is 16.5.